The summed E-state index contributed by atoms with van der Waals surface area (Å²) in [6, 6.07) is 5.31. The van der Waals surface area contributed by atoms with Crippen molar-refractivity contribution in [3.63, 3.8) is 0 Å². The third-order valence-corrected chi connectivity index (χ3v) is 3.06. The zero-order chi connectivity index (χ0) is 12.3. The second kappa shape index (κ2) is 5.07. The van der Waals surface area contributed by atoms with E-state index < -0.39 is 0 Å². The van der Waals surface area contributed by atoms with Crippen LogP contribution in [0.25, 0.3) is 0 Å². The van der Waals surface area contributed by atoms with Crippen LogP contribution in [-0.2, 0) is 0 Å². The van der Waals surface area contributed by atoms with Gasteiger partial charge in [-0.25, -0.2) is 0 Å². The van der Waals surface area contributed by atoms with Gasteiger partial charge in [-0.05, 0) is 30.9 Å². The molecule has 88 valence electrons. The highest BCUT2D eigenvalue weighted by Crippen LogP contribution is 2.25. The Bertz CT molecular complexity index is 391. The summed E-state index contributed by atoms with van der Waals surface area (Å²) in [5.41, 5.74) is 7.89. The smallest absolute Gasteiger partial charge is 0.272 e. The van der Waals surface area contributed by atoms with Crippen LogP contribution in [0.1, 0.15) is 37.3 Å². The molecular formula is C12H18N2O2. The molecule has 0 radical (unpaired) electrons. The molecule has 2 atom stereocenters. The lowest BCUT2D eigenvalue weighted by molar-refractivity contribution is -0.385. The molecule has 0 aliphatic rings. The first-order valence-corrected chi connectivity index (χ1v) is 5.47. The van der Waals surface area contributed by atoms with Crippen LogP contribution in [0.4, 0.5) is 5.69 Å². The molecule has 2 N–H and O–H groups in total. The quantitative estimate of drug-likeness (QED) is 0.629. The number of rotatable bonds is 4. The maximum absolute atomic E-state index is 10.7. The van der Waals surface area contributed by atoms with Gasteiger partial charge < -0.3 is 5.73 Å². The fourth-order valence-corrected chi connectivity index (χ4v) is 1.77. The predicted molar refractivity (Wildman–Crippen MR) is 64.5 cm³/mol. The molecule has 4 nitrogen and oxygen atoms in total. The Hall–Kier alpha value is -1.42. The van der Waals surface area contributed by atoms with Gasteiger partial charge in [0.25, 0.3) is 5.69 Å². The lowest BCUT2D eigenvalue weighted by Crippen LogP contribution is -2.25. The Morgan fingerprint density at radius 2 is 2.12 bits per heavy atom. The monoisotopic (exact) mass is 222 g/mol. The Morgan fingerprint density at radius 1 is 1.50 bits per heavy atom. The number of hydrogen-bond donors (Lipinski definition) is 1. The van der Waals surface area contributed by atoms with E-state index in [-0.39, 0.29) is 22.6 Å². The van der Waals surface area contributed by atoms with Gasteiger partial charge in [-0.15, -0.1) is 0 Å². The van der Waals surface area contributed by atoms with Crippen molar-refractivity contribution in [2.45, 2.75) is 39.2 Å². The zero-order valence-electron chi connectivity index (χ0n) is 9.93. The third-order valence-electron chi connectivity index (χ3n) is 3.06. The van der Waals surface area contributed by atoms with Crippen molar-refractivity contribution in [3.05, 3.63) is 39.4 Å². The van der Waals surface area contributed by atoms with E-state index in [1.165, 1.54) is 0 Å². The van der Waals surface area contributed by atoms with E-state index in [1.807, 2.05) is 13.0 Å². The van der Waals surface area contributed by atoms with Crippen molar-refractivity contribution in [2.75, 3.05) is 0 Å². The number of hydrogen-bond acceptors (Lipinski definition) is 3. The number of nitro benzene ring substituents is 1. The fraction of sp³-hybridized carbons (Fsp3) is 0.500. The normalized spacial score (nSPS) is 14.5. The topological polar surface area (TPSA) is 69.2 Å². The minimum Gasteiger partial charge on any atom is -0.327 e. The van der Waals surface area contributed by atoms with Gasteiger partial charge in [-0.2, -0.15) is 0 Å². The molecule has 0 aliphatic heterocycles. The van der Waals surface area contributed by atoms with Crippen LogP contribution in [0.15, 0.2) is 18.2 Å². The summed E-state index contributed by atoms with van der Waals surface area (Å²) < 4.78 is 0. The summed E-state index contributed by atoms with van der Waals surface area (Å²) in [5, 5.41) is 10.7. The van der Waals surface area contributed by atoms with Crippen molar-refractivity contribution in [1.82, 2.24) is 0 Å². The van der Waals surface area contributed by atoms with Crippen molar-refractivity contribution in [2.24, 2.45) is 5.73 Å². The van der Waals surface area contributed by atoms with Crippen molar-refractivity contribution >= 4 is 5.69 Å². The van der Waals surface area contributed by atoms with Crippen LogP contribution in [-0.4, -0.2) is 11.0 Å². The molecule has 0 saturated heterocycles. The van der Waals surface area contributed by atoms with Crippen LogP contribution in [0.2, 0.25) is 0 Å². The first-order chi connectivity index (χ1) is 7.47. The number of nitro groups is 1. The molecule has 0 bridgehead atoms. The summed E-state index contributed by atoms with van der Waals surface area (Å²) in [6.07, 6.45) is 0.900. The van der Waals surface area contributed by atoms with E-state index in [1.54, 1.807) is 19.1 Å². The van der Waals surface area contributed by atoms with E-state index >= 15 is 0 Å². The summed E-state index contributed by atoms with van der Waals surface area (Å²) in [7, 11) is 0. The highest BCUT2D eigenvalue weighted by molar-refractivity contribution is 5.42. The fourth-order valence-electron chi connectivity index (χ4n) is 1.77. The summed E-state index contributed by atoms with van der Waals surface area (Å²) in [4.78, 5) is 10.3. The lowest BCUT2D eigenvalue weighted by Gasteiger charge is -2.18. The molecule has 16 heavy (non-hydrogen) atoms. The molecule has 0 fully saturated rings. The Kier molecular flexibility index (Phi) is 4.01. The van der Waals surface area contributed by atoms with Gasteiger partial charge >= 0.3 is 0 Å². The van der Waals surface area contributed by atoms with E-state index in [4.69, 9.17) is 5.73 Å². The molecule has 1 aromatic carbocycles. The van der Waals surface area contributed by atoms with Crippen LogP contribution >= 0.6 is 0 Å². The van der Waals surface area contributed by atoms with E-state index in [9.17, 15) is 10.1 Å². The van der Waals surface area contributed by atoms with E-state index in [2.05, 4.69) is 6.92 Å². The molecule has 0 saturated carbocycles. The average Bonchev–Trinajstić information content (AvgIpc) is 2.26. The Labute approximate surface area is 95.6 Å². The first kappa shape index (κ1) is 12.6. The second-order valence-electron chi connectivity index (χ2n) is 4.16. The lowest BCUT2D eigenvalue weighted by atomic mass is 9.91. The molecule has 0 aromatic heterocycles. The highest BCUT2D eigenvalue weighted by Gasteiger charge is 2.16. The molecule has 2 unspecified atom stereocenters. The highest BCUT2D eigenvalue weighted by atomic mass is 16.6. The van der Waals surface area contributed by atoms with Gasteiger partial charge in [0.15, 0.2) is 0 Å². The predicted octanol–water partition coefficient (Wildman–Crippen LogP) is 2.74. The molecule has 4 heteroatoms. The molecular weight excluding hydrogens is 204 g/mol. The second-order valence-corrected chi connectivity index (χ2v) is 4.16. The number of nitrogens with zero attached hydrogens (tertiary/aromatic N) is 1. The van der Waals surface area contributed by atoms with E-state index in [0.717, 1.165) is 12.0 Å². The molecule has 1 aromatic rings. The summed E-state index contributed by atoms with van der Waals surface area (Å²) in [6.45, 7) is 5.85. The number of benzene rings is 1. The molecule has 0 heterocycles. The summed E-state index contributed by atoms with van der Waals surface area (Å²) >= 11 is 0. The minimum atomic E-state index is -0.358. The van der Waals surface area contributed by atoms with Crippen LogP contribution in [0, 0.1) is 17.0 Å². The summed E-state index contributed by atoms with van der Waals surface area (Å²) in [5.74, 6) is 0.226. The largest absolute Gasteiger partial charge is 0.327 e. The molecule has 0 aliphatic carbocycles. The molecule has 0 spiro atoms. The molecule has 1 rings (SSSR count). The van der Waals surface area contributed by atoms with Crippen LogP contribution < -0.4 is 5.73 Å². The SMILES string of the molecule is CCC(N)C(C)c1ccc([N+](=O)[O-])c(C)c1. The maximum Gasteiger partial charge on any atom is 0.272 e. The van der Waals surface area contributed by atoms with Crippen molar-refractivity contribution in [3.8, 4) is 0 Å². The average molecular weight is 222 g/mol. The minimum absolute atomic E-state index is 0.0980. The third kappa shape index (κ3) is 2.58. The molecule has 0 amide bonds. The Balaban J connectivity index is 3.01. The van der Waals surface area contributed by atoms with Crippen molar-refractivity contribution < 1.29 is 4.92 Å². The zero-order valence-corrected chi connectivity index (χ0v) is 9.93. The Morgan fingerprint density at radius 3 is 2.56 bits per heavy atom. The number of nitrogens with two attached hydrogens (primary N) is 1. The van der Waals surface area contributed by atoms with Gasteiger partial charge in [0, 0.05) is 17.7 Å². The van der Waals surface area contributed by atoms with Gasteiger partial charge in [-0.3, -0.25) is 10.1 Å². The van der Waals surface area contributed by atoms with Gasteiger partial charge in [-0.1, -0.05) is 19.9 Å². The van der Waals surface area contributed by atoms with Crippen LogP contribution in [0.5, 0.6) is 0 Å². The van der Waals surface area contributed by atoms with Gasteiger partial charge in [0.2, 0.25) is 0 Å². The first-order valence-electron chi connectivity index (χ1n) is 5.47. The van der Waals surface area contributed by atoms with Gasteiger partial charge in [0.1, 0.15) is 0 Å². The van der Waals surface area contributed by atoms with Crippen LogP contribution in [0.3, 0.4) is 0 Å². The number of aryl methyl sites for hydroxylation is 1. The maximum atomic E-state index is 10.7. The van der Waals surface area contributed by atoms with E-state index in [0.29, 0.717) is 5.56 Å². The standard InChI is InChI=1S/C12H18N2O2/c1-4-11(13)9(3)10-5-6-12(14(15)16)8(2)7-10/h5-7,9,11H,4,13H2,1-3H3. The van der Waals surface area contributed by atoms with Crippen molar-refractivity contribution in [1.29, 1.82) is 0 Å². The van der Waals surface area contributed by atoms with Gasteiger partial charge in [0.05, 0.1) is 4.92 Å².